The number of carbonyl (C=O) groups is 1. The molecule has 0 unspecified atom stereocenters. The Balaban J connectivity index is 1.34. The van der Waals surface area contributed by atoms with Crippen molar-refractivity contribution in [3.63, 3.8) is 0 Å². The molecule has 3 atom stereocenters. The maximum atomic E-state index is 13.3. The number of hydrogen-bond acceptors (Lipinski definition) is 3. The standard InChI is InChI=1S/C19H19FN2O2/c20-14-3-1-2-13(10-14)17-11-18(17)19(23)22-9-6-16(12-22)24-15-4-7-21-8-5-15/h1-5,7-8,10,16-18H,6,9,11-12H2/t16-,17+,18+/m0/s1. The number of likely N-dealkylation sites (tertiary alicyclic amines) is 1. The molecule has 1 aromatic carbocycles. The molecule has 24 heavy (non-hydrogen) atoms. The summed E-state index contributed by atoms with van der Waals surface area (Å²) in [6.07, 6.45) is 5.07. The highest BCUT2D eigenvalue weighted by Crippen LogP contribution is 2.48. The van der Waals surface area contributed by atoms with Gasteiger partial charge in [0.25, 0.3) is 0 Å². The van der Waals surface area contributed by atoms with Gasteiger partial charge in [0.05, 0.1) is 6.54 Å². The summed E-state index contributed by atoms with van der Waals surface area (Å²) in [6.45, 7) is 1.34. The Morgan fingerprint density at radius 1 is 1.25 bits per heavy atom. The number of benzene rings is 1. The number of pyridine rings is 1. The van der Waals surface area contributed by atoms with Crippen LogP contribution < -0.4 is 4.74 Å². The maximum Gasteiger partial charge on any atom is 0.226 e. The fourth-order valence-corrected chi connectivity index (χ4v) is 3.44. The predicted octanol–water partition coefficient (Wildman–Crippen LogP) is 3.00. The highest BCUT2D eigenvalue weighted by atomic mass is 19.1. The van der Waals surface area contributed by atoms with Crippen LogP contribution in [0.4, 0.5) is 4.39 Å². The van der Waals surface area contributed by atoms with Crippen LogP contribution in [0, 0.1) is 11.7 Å². The van der Waals surface area contributed by atoms with Gasteiger partial charge >= 0.3 is 0 Å². The molecule has 1 saturated carbocycles. The average molecular weight is 326 g/mol. The Kier molecular flexibility index (Phi) is 3.92. The summed E-state index contributed by atoms with van der Waals surface area (Å²) in [5.74, 6) is 0.871. The molecule has 1 aliphatic heterocycles. The van der Waals surface area contributed by atoms with Gasteiger partial charge in [-0.25, -0.2) is 4.39 Å². The largest absolute Gasteiger partial charge is 0.488 e. The fourth-order valence-electron chi connectivity index (χ4n) is 3.44. The van der Waals surface area contributed by atoms with Gasteiger partial charge in [0.15, 0.2) is 0 Å². The normalized spacial score (nSPS) is 25.5. The molecule has 1 saturated heterocycles. The molecule has 2 fully saturated rings. The van der Waals surface area contributed by atoms with Crippen molar-refractivity contribution in [3.05, 3.63) is 60.2 Å². The lowest BCUT2D eigenvalue weighted by molar-refractivity contribution is -0.131. The molecule has 5 heteroatoms. The van der Waals surface area contributed by atoms with Gasteiger partial charge < -0.3 is 9.64 Å². The first kappa shape index (κ1) is 15.1. The van der Waals surface area contributed by atoms with E-state index in [1.807, 2.05) is 23.1 Å². The molecule has 4 nitrogen and oxygen atoms in total. The molecule has 0 spiro atoms. The third-order valence-corrected chi connectivity index (χ3v) is 4.79. The van der Waals surface area contributed by atoms with Crippen LogP contribution >= 0.6 is 0 Å². The molecule has 2 heterocycles. The van der Waals surface area contributed by atoms with Crippen LogP contribution in [0.1, 0.15) is 24.3 Å². The number of amides is 1. The first-order valence-electron chi connectivity index (χ1n) is 8.31. The number of nitrogens with zero attached hydrogens (tertiary/aromatic N) is 2. The zero-order valence-electron chi connectivity index (χ0n) is 13.3. The van der Waals surface area contributed by atoms with E-state index < -0.39 is 0 Å². The van der Waals surface area contributed by atoms with Gasteiger partial charge in [-0.2, -0.15) is 0 Å². The van der Waals surface area contributed by atoms with E-state index in [2.05, 4.69) is 4.98 Å². The van der Waals surface area contributed by atoms with Gasteiger partial charge in [-0.15, -0.1) is 0 Å². The van der Waals surface area contributed by atoms with Crippen molar-refractivity contribution < 1.29 is 13.9 Å². The Labute approximate surface area is 140 Å². The van der Waals surface area contributed by atoms with Crippen LogP contribution in [0.3, 0.4) is 0 Å². The fraction of sp³-hybridized carbons (Fsp3) is 0.368. The molecular weight excluding hydrogens is 307 g/mol. The molecule has 1 aliphatic carbocycles. The van der Waals surface area contributed by atoms with Crippen molar-refractivity contribution >= 4 is 5.91 Å². The summed E-state index contributed by atoms with van der Waals surface area (Å²) in [7, 11) is 0. The van der Waals surface area contributed by atoms with Crippen molar-refractivity contribution in [2.75, 3.05) is 13.1 Å². The summed E-state index contributed by atoms with van der Waals surface area (Å²) in [5.41, 5.74) is 0.928. The molecule has 0 bridgehead atoms. The minimum absolute atomic E-state index is 0.00789. The van der Waals surface area contributed by atoms with E-state index in [9.17, 15) is 9.18 Å². The van der Waals surface area contributed by atoms with E-state index in [0.717, 1.165) is 30.7 Å². The Morgan fingerprint density at radius 3 is 2.88 bits per heavy atom. The Bertz CT molecular complexity index is 737. The van der Waals surface area contributed by atoms with Gasteiger partial charge in [0.1, 0.15) is 17.7 Å². The summed E-state index contributed by atoms with van der Waals surface area (Å²) in [6, 6.07) is 10.2. The highest BCUT2D eigenvalue weighted by molar-refractivity contribution is 5.83. The summed E-state index contributed by atoms with van der Waals surface area (Å²) >= 11 is 0. The number of ether oxygens (including phenoxy) is 1. The third-order valence-electron chi connectivity index (χ3n) is 4.79. The second kappa shape index (κ2) is 6.23. The highest BCUT2D eigenvalue weighted by Gasteiger charge is 2.47. The van der Waals surface area contributed by atoms with E-state index in [4.69, 9.17) is 4.74 Å². The minimum Gasteiger partial charge on any atom is -0.488 e. The minimum atomic E-state index is -0.238. The molecular formula is C19H19FN2O2. The Hall–Kier alpha value is -2.43. The molecule has 1 amide bonds. The number of carbonyl (C=O) groups excluding carboxylic acids is 1. The van der Waals surface area contributed by atoms with Crippen LogP contribution in [0.2, 0.25) is 0 Å². The molecule has 0 N–H and O–H groups in total. The number of rotatable bonds is 4. The van der Waals surface area contributed by atoms with Crippen molar-refractivity contribution in [1.82, 2.24) is 9.88 Å². The van der Waals surface area contributed by atoms with Crippen molar-refractivity contribution in [3.8, 4) is 5.75 Å². The molecule has 0 radical (unpaired) electrons. The molecule has 2 aromatic rings. The van der Waals surface area contributed by atoms with Crippen LogP contribution in [-0.4, -0.2) is 35.0 Å². The van der Waals surface area contributed by atoms with E-state index in [-0.39, 0.29) is 29.7 Å². The zero-order valence-corrected chi connectivity index (χ0v) is 13.3. The van der Waals surface area contributed by atoms with Gasteiger partial charge in [0, 0.05) is 31.3 Å². The van der Waals surface area contributed by atoms with E-state index in [0.29, 0.717) is 6.54 Å². The summed E-state index contributed by atoms with van der Waals surface area (Å²) in [4.78, 5) is 18.5. The topological polar surface area (TPSA) is 42.4 Å². The molecule has 1 aromatic heterocycles. The number of hydrogen-bond donors (Lipinski definition) is 0. The van der Waals surface area contributed by atoms with Gasteiger partial charge in [-0.3, -0.25) is 9.78 Å². The quantitative estimate of drug-likeness (QED) is 0.867. The summed E-state index contributed by atoms with van der Waals surface area (Å²) < 4.78 is 19.2. The predicted molar refractivity (Wildman–Crippen MR) is 87.1 cm³/mol. The summed E-state index contributed by atoms with van der Waals surface area (Å²) in [5, 5.41) is 0. The van der Waals surface area contributed by atoms with E-state index >= 15 is 0 Å². The van der Waals surface area contributed by atoms with Crippen LogP contribution in [-0.2, 0) is 4.79 Å². The second-order valence-electron chi connectivity index (χ2n) is 6.50. The molecule has 2 aliphatic rings. The smallest absolute Gasteiger partial charge is 0.226 e. The first-order valence-corrected chi connectivity index (χ1v) is 8.31. The lowest BCUT2D eigenvalue weighted by Crippen LogP contribution is -2.32. The zero-order chi connectivity index (χ0) is 16.5. The van der Waals surface area contributed by atoms with Gasteiger partial charge in [-0.1, -0.05) is 12.1 Å². The molecule has 124 valence electrons. The first-order chi connectivity index (χ1) is 11.7. The SMILES string of the molecule is O=C([C@@H]1C[C@@H]1c1cccc(F)c1)N1CC[C@H](Oc2ccncc2)C1. The monoisotopic (exact) mass is 326 g/mol. The van der Waals surface area contributed by atoms with Gasteiger partial charge in [0.2, 0.25) is 5.91 Å². The van der Waals surface area contributed by atoms with Crippen LogP contribution in [0.25, 0.3) is 0 Å². The number of halogens is 1. The Morgan fingerprint density at radius 2 is 2.08 bits per heavy atom. The molecule has 4 rings (SSSR count). The number of aromatic nitrogens is 1. The second-order valence-corrected chi connectivity index (χ2v) is 6.50. The van der Waals surface area contributed by atoms with Gasteiger partial charge in [-0.05, 0) is 42.2 Å². The van der Waals surface area contributed by atoms with Crippen molar-refractivity contribution in [2.24, 2.45) is 5.92 Å². The van der Waals surface area contributed by atoms with Crippen LogP contribution in [0.5, 0.6) is 5.75 Å². The third kappa shape index (κ3) is 3.11. The van der Waals surface area contributed by atoms with Crippen LogP contribution in [0.15, 0.2) is 48.8 Å². The van der Waals surface area contributed by atoms with E-state index in [1.54, 1.807) is 18.5 Å². The van der Waals surface area contributed by atoms with Crippen molar-refractivity contribution in [2.45, 2.75) is 24.9 Å². The van der Waals surface area contributed by atoms with Crippen molar-refractivity contribution in [1.29, 1.82) is 0 Å². The lowest BCUT2D eigenvalue weighted by atomic mass is 10.1. The maximum absolute atomic E-state index is 13.3. The average Bonchev–Trinajstić information content (AvgIpc) is 3.27. The lowest BCUT2D eigenvalue weighted by Gasteiger charge is -2.17. The van der Waals surface area contributed by atoms with E-state index in [1.165, 1.54) is 12.1 Å².